The first kappa shape index (κ1) is 15.1. The molecule has 0 fully saturated rings. The summed E-state index contributed by atoms with van der Waals surface area (Å²) in [6.45, 7) is 6.70. The number of rotatable bonds is 5. The first-order valence-electron chi connectivity index (χ1n) is 7.69. The summed E-state index contributed by atoms with van der Waals surface area (Å²) in [5.74, 6) is 1.55. The highest BCUT2D eigenvalue weighted by Crippen LogP contribution is 2.27. The first-order valence-corrected chi connectivity index (χ1v) is 7.69. The van der Waals surface area contributed by atoms with E-state index in [0.29, 0.717) is 0 Å². The average molecular weight is 272 g/mol. The fourth-order valence-corrected chi connectivity index (χ4v) is 3.17. The molecule has 0 saturated carbocycles. The number of nitrogens with zero attached hydrogens (tertiary/aromatic N) is 1. The molecule has 110 valence electrons. The largest absolute Gasteiger partial charge is 0.378 e. The maximum Gasteiger partial charge on any atom is 0.0361 e. The van der Waals surface area contributed by atoms with Gasteiger partial charge in [-0.05, 0) is 55.8 Å². The average Bonchev–Trinajstić information content (AvgIpc) is 2.38. The molecule has 2 unspecified atom stereocenters. The van der Waals surface area contributed by atoms with Crippen molar-refractivity contribution in [1.29, 1.82) is 0 Å². The van der Waals surface area contributed by atoms with Crippen molar-refractivity contribution in [2.45, 2.75) is 33.2 Å². The van der Waals surface area contributed by atoms with Crippen molar-refractivity contribution in [2.75, 3.05) is 25.5 Å². The van der Waals surface area contributed by atoms with Gasteiger partial charge in [0.05, 0.1) is 0 Å². The Morgan fingerprint density at radius 3 is 2.50 bits per heavy atom. The van der Waals surface area contributed by atoms with E-state index in [2.05, 4.69) is 68.5 Å². The van der Waals surface area contributed by atoms with Crippen molar-refractivity contribution in [3.05, 3.63) is 41.5 Å². The molecule has 20 heavy (non-hydrogen) atoms. The Morgan fingerprint density at radius 2 is 1.90 bits per heavy atom. The molecule has 1 aromatic rings. The lowest BCUT2D eigenvalue weighted by molar-refractivity contribution is 0.381. The smallest absolute Gasteiger partial charge is 0.0361 e. The number of nitrogens with one attached hydrogen (secondary N) is 1. The summed E-state index contributed by atoms with van der Waals surface area (Å²) in [5, 5.41) is 3.62. The van der Waals surface area contributed by atoms with E-state index in [0.717, 1.165) is 24.9 Å². The van der Waals surface area contributed by atoms with Crippen LogP contribution in [0.5, 0.6) is 0 Å². The molecule has 0 heterocycles. The monoisotopic (exact) mass is 272 g/mol. The van der Waals surface area contributed by atoms with Crippen LogP contribution < -0.4 is 10.2 Å². The molecule has 2 rings (SSSR count). The minimum Gasteiger partial charge on any atom is -0.378 e. The SMILES string of the molecule is CC1=CC(C)CC(CNCc2ccc(N(C)C)cc2)C1. The Morgan fingerprint density at radius 1 is 1.20 bits per heavy atom. The van der Waals surface area contributed by atoms with Gasteiger partial charge in [-0.3, -0.25) is 0 Å². The van der Waals surface area contributed by atoms with Crippen LogP contribution in [0, 0.1) is 11.8 Å². The topological polar surface area (TPSA) is 15.3 Å². The standard InChI is InChI=1S/C18H28N2/c1-14-9-15(2)11-17(10-14)13-19-12-16-5-7-18(8-6-16)20(3)4/h5-9,14,17,19H,10-13H2,1-4H3. The van der Waals surface area contributed by atoms with Gasteiger partial charge in [-0.25, -0.2) is 0 Å². The summed E-state index contributed by atoms with van der Waals surface area (Å²) in [5.41, 5.74) is 4.19. The van der Waals surface area contributed by atoms with Gasteiger partial charge < -0.3 is 10.2 Å². The fraction of sp³-hybridized carbons (Fsp3) is 0.556. The number of benzene rings is 1. The molecule has 1 aliphatic carbocycles. The Bertz CT molecular complexity index is 445. The molecule has 0 radical (unpaired) electrons. The minimum atomic E-state index is 0.745. The molecule has 1 aliphatic rings. The van der Waals surface area contributed by atoms with Gasteiger partial charge in [0.1, 0.15) is 0 Å². The summed E-state index contributed by atoms with van der Waals surface area (Å²) in [4.78, 5) is 2.13. The van der Waals surface area contributed by atoms with Crippen LogP contribution in [0.2, 0.25) is 0 Å². The van der Waals surface area contributed by atoms with Crippen LogP contribution in [-0.2, 0) is 6.54 Å². The Balaban J connectivity index is 1.77. The van der Waals surface area contributed by atoms with Crippen molar-refractivity contribution in [1.82, 2.24) is 5.32 Å². The second-order valence-corrected chi connectivity index (χ2v) is 6.49. The highest BCUT2D eigenvalue weighted by atomic mass is 15.1. The van der Waals surface area contributed by atoms with Gasteiger partial charge in [-0.1, -0.05) is 30.7 Å². The van der Waals surface area contributed by atoms with Gasteiger partial charge in [0.25, 0.3) is 0 Å². The molecular weight excluding hydrogens is 244 g/mol. The molecule has 2 atom stereocenters. The molecule has 0 aliphatic heterocycles. The summed E-state index contributed by atoms with van der Waals surface area (Å²) >= 11 is 0. The predicted molar refractivity (Wildman–Crippen MR) is 88.1 cm³/mol. The summed E-state index contributed by atoms with van der Waals surface area (Å²) in [7, 11) is 4.15. The third-order valence-corrected chi connectivity index (χ3v) is 4.10. The van der Waals surface area contributed by atoms with Gasteiger partial charge in [-0.2, -0.15) is 0 Å². The fourth-order valence-electron chi connectivity index (χ4n) is 3.17. The lowest BCUT2D eigenvalue weighted by Gasteiger charge is -2.25. The number of allylic oxidation sites excluding steroid dienone is 2. The predicted octanol–water partition coefficient (Wildman–Crippen LogP) is 3.83. The van der Waals surface area contributed by atoms with Gasteiger partial charge in [0.15, 0.2) is 0 Å². The van der Waals surface area contributed by atoms with Crippen molar-refractivity contribution in [3.63, 3.8) is 0 Å². The van der Waals surface area contributed by atoms with Crippen LogP contribution >= 0.6 is 0 Å². The zero-order valence-corrected chi connectivity index (χ0v) is 13.3. The van der Waals surface area contributed by atoms with Crippen LogP contribution in [0.25, 0.3) is 0 Å². The van der Waals surface area contributed by atoms with Crippen LogP contribution in [0.4, 0.5) is 5.69 Å². The van der Waals surface area contributed by atoms with Crippen LogP contribution in [0.3, 0.4) is 0 Å². The zero-order valence-electron chi connectivity index (χ0n) is 13.3. The van der Waals surface area contributed by atoms with Crippen molar-refractivity contribution in [2.24, 2.45) is 11.8 Å². The first-order chi connectivity index (χ1) is 9.54. The van der Waals surface area contributed by atoms with Gasteiger partial charge in [0, 0.05) is 26.3 Å². The second kappa shape index (κ2) is 6.94. The van der Waals surface area contributed by atoms with E-state index >= 15 is 0 Å². The highest BCUT2D eigenvalue weighted by Gasteiger charge is 2.17. The van der Waals surface area contributed by atoms with Crippen molar-refractivity contribution >= 4 is 5.69 Å². The van der Waals surface area contributed by atoms with E-state index in [9.17, 15) is 0 Å². The molecule has 0 bridgehead atoms. The lowest BCUT2D eigenvalue weighted by Crippen LogP contribution is -2.25. The summed E-state index contributed by atoms with van der Waals surface area (Å²) < 4.78 is 0. The van der Waals surface area contributed by atoms with E-state index in [-0.39, 0.29) is 0 Å². The third kappa shape index (κ3) is 4.38. The summed E-state index contributed by atoms with van der Waals surface area (Å²) in [6, 6.07) is 8.81. The molecule has 2 heteroatoms. The van der Waals surface area contributed by atoms with Crippen LogP contribution in [0.15, 0.2) is 35.9 Å². The van der Waals surface area contributed by atoms with E-state index in [4.69, 9.17) is 0 Å². The van der Waals surface area contributed by atoms with Crippen molar-refractivity contribution < 1.29 is 0 Å². The molecule has 0 saturated heterocycles. The van der Waals surface area contributed by atoms with E-state index in [1.54, 1.807) is 5.57 Å². The van der Waals surface area contributed by atoms with E-state index in [1.807, 2.05) is 0 Å². The normalized spacial score (nSPS) is 22.5. The van der Waals surface area contributed by atoms with Crippen molar-refractivity contribution in [3.8, 4) is 0 Å². The lowest BCUT2D eigenvalue weighted by atomic mass is 9.84. The number of anilines is 1. The van der Waals surface area contributed by atoms with E-state index < -0.39 is 0 Å². The van der Waals surface area contributed by atoms with Crippen LogP contribution in [-0.4, -0.2) is 20.6 Å². The number of hydrogen-bond donors (Lipinski definition) is 1. The van der Waals surface area contributed by atoms with Gasteiger partial charge in [-0.15, -0.1) is 0 Å². The molecule has 2 nitrogen and oxygen atoms in total. The molecule has 0 aromatic heterocycles. The Kier molecular flexibility index (Phi) is 5.24. The second-order valence-electron chi connectivity index (χ2n) is 6.49. The molecule has 1 N–H and O–H groups in total. The Labute approximate surface area is 123 Å². The maximum atomic E-state index is 3.62. The van der Waals surface area contributed by atoms with Crippen LogP contribution in [0.1, 0.15) is 32.3 Å². The van der Waals surface area contributed by atoms with E-state index in [1.165, 1.54) is 24.1 Å². The maximum absolute atomic E-state index is 3.62. The van der Waals surface area contributed by atoms with Gasteiger partial charge in [0.2, 0.25) is 0 Å². The molecule has 0 spiro atoms. The summed E-state index contributed by atoms with van der Waals surface area (Å²) in [6.07, 6.45) is 5.01. The minimum absolute atomic E-state index is 0.745. The third-order valence-electron chi connectivity index (χ3n) is 4.10. The van der Waals surface area contributed by atoms with Gasteiger partial charge >= 0.3 is 0 Å². The molecular formula is C18H28N2. The Hall–Kier alpha value is -1.28. The molecule has 1 aromatic carbocycles. The molecule has 0 amide bonds. The zero-order chi connectivity index (χ0) is 14.5. The number of hydrogen-bond acceptors (Lipinski definition) is 2. The quantitative estimate of drug-likeness (QED) is 0.819. The highest BCUT2D eigenvalue weighted by molar-refractivity contribution is 5.45.